The minimum absolute atomic E-state index is 0.710. The number of hydrogen-bond acceptors (Lipinski definition) is 2. The molecule has 76 valence electrons. The van der Waals surface area contributed by atoms with E-state index in [0.29, 0.717) is 5.88 Å². The van der Waals surface area contributed by atoms with E-state index in [0.717, 1.165) is 12.0 Å². The van der Waals surface area contributed by atoms with Crippen molar-refractivity contribution < 1.29 is 4.74 Å². The fourth-order valence-electron chi connectivity index (χ4n) is 1.56. The third kappa shape index (κ3) is 2.34. The number of ether oxygens (including phenoxy) is 1. The van der Waals surface area contributed by atoms with E-state index in [1.165, 1.54) is 5.56 Å². The van der Waals surface area contributed by atoms with Gasteiger partial charge in [0.25, 0.3) is 0 Å². The number of pyridine rings is 1. The molecule has 1 aromatic carbocycles. The molecule has 2 heteroatoms. The number of methoxy groups -OCH3 is 1. The average molecular weight is 199 g/mol. The first-order valence-corrected chi connectivity index (χ1v) is 4.92. The quantitative estimate of drug-likeness (QED) is 0.758. The van der Waals surface area contributed by atoms with Gasteiger partial charge in [-0.15, -0.1) is 0 Å². The molecule has 1 aromatic heterocycles. The van der Waals surface area contributed by atoms with E-state index in [2.05, 4.69) is 17.1 Å². The summed E-state index contributed by atoms with van der Waals surface area (Å²) in [7, 11) is 1.65. The molecule has 2 nitrogen and oxygen atoms in total. The number of aromatic nitrogens is 1. The first-order chi connectivity index (χ1) is 7.40. The molecule has 0 saturated carbocycles. The number of benzene rings is 1. The highest BCUT2D eigenvalue weighted by molar-refractivity contribution is 5.31. The van der Waals surface area contributed by atoms with Crippen molar-refractivity contribution in [3.8, 4) is 5.88 Å². The van der Waals surface area contributed by atoms with Crippen LogP contribution in [0, 0.1) is 0 Å². The van der Waals surface area contributed by atoms with Gasteiger partial charge in [-0.05, 0) is 11.6 Å². The van der Waals surface area contributed by atoms with Crippen LogP contribution in [0.25, 0.3) is 0 Å². The van der Waals surface area contributed by atoms with Crippen LogP contribution in [0.15, 0.2) is 48.7 Å². The number of hydrogen-bond donors (Lipinski definition) is 0. The van der Waals surface area contributed by atoms with Gasteiger partial charge in [0.05, 0.1) is 7.11 Å². The lowest BCUT2D eigenvalue weighted by molar-refractivity contribution is 0.393. The van der Waals surface area contributed by atoms with Crippen molar-refractivity contribution in [2.24, 2.45) is 0 Å². The second kappa shape index (κ2) is 4.60. The minimum Gasteiger partial charge on any atom is -0.481 e. The molecular formula is C13H13NO. The van der Waals surface area contributed by atoms with Crippen LogP contribution in [0.3, 0.4) is 0 Å². The molecule has 0 N–H and O–H groups in total. The molecule has 15 heavy (non-hydrogen) atoms. The van der Waals surface area contributed by atoms with Crippen molar-refractivity contribution in [1.82, 2.24) is 4.98 Å². The van der Waals surface area contributed by atoms with Gasteiger partial charge in [0.15, 0.2) is 0 Å². The summed E-state index contributed by atoms with van der Waals surface area (Å²) in [5.41, 5.74) is 2.38. The largest absolute Gasteiger partial charge is 0.481 e. The molecule has 1 heterocycles. The van der Waals surface area contributed by atoms with Gasteiger partial charge in [-0.1, -0.05) is 36.4 Å². The molecule has 0 aliphatic heterocycles. The highest BCUT2D eigenvalue weighted by atomic mass is 16.5. The summed E-state index contributed by atoms with van der Waals surface area (Å²) >= 11 is 0. The standard InChI is InChI=1S/C13H13NO/c1-15-13-12(8-5-9-14-13)10-11-6-3-2-4-7-11/h2-9H,10H2,1H3. The van der Waals surface area contributed by atoms with Crippen LogP contribution in [-0.4, -0.2) is 12.1 Å². The van der Waals surface area contributed by atoms with Crippen LogP contribution in [-0.2, 0) is 6.42 Å². The van der Waals surface area contributed by atoms with Crippen molar-refractivity contribution in [3.05, 3.63) is 59.8 Å². The lowest BCUT2D eigenvalue weighted by Crippen LogP contribution is -1.95. The Morgan fingerprint density at radius 3 is 2.60 bits per heavy atom. The van der Waals surface area contributed by atoms with E-state index in [4.69, 9.17) is 4.74 Å². The Morgan fingerprint density at radius 2 is 1.87 bits per heavy atom. The van der Waals surface area contributed by atoms with E-state index >= 15 is 0 Å². The summed E-state index contributed by atoms with van der Waals surface area (Å²) in [4.78, 5) is 4.17. The Morgan fingerprint density at radius 1 is 1.07 bits per heavy atom. The Hall–Kier alpha value is -1.83. The summed E-state index contributed by atoms with van der Waals surface area (Å²) in [6, 6.07) is 14.3. The predicted octanol–water partition coefficient (Wildman–Crippen LogP) is 2.68. The maximum atomic E-state index is 5.21. The van der Waals surface area contributed by atoms with Crippen LogP contribution < -0.4 is 4.74 Å². The van der Waals surface area contributed by atoms with Gasteiger partial charge in [0, 0.05) is 18.2 Å². The smallest absolute Gasteiger partial charge is 0.216 e. The van der Waals surface area contributed by atoms with Crippen molar-refractivity contribution >= 4 is 0 Å². The zero-order chi connectivity index (χ0) is 10.5. The lowest BCUT2D eigenvalue weighted by atomic mass is 10.1. The average Bonchev–Trinajstić information content (AvgIpc) is 2.31. The molecule has 0 amide bonds. The van der Waals surface area contributed by atoms with Gasteiger partial charge >= 0.3 is 0 Å². The van der Waals surface area contributed by atoms with Crippen LogP contribution in [0.4, 0.5) is 0 Å². The van der Waals surface area contributed by atoms with Crippen LogP contribution >= 0.6 is 0 Å². The summed E-state index contributed by atoms with van der Waals surface area (Å²) in [6.45, 7) is 0. The Kier molecular flexibility index (Phi) is 2.98. The van der Waals surface area contributed by atoms with E-state index in [1.54, 1.807) is 13.3 Å². The third-order valence-corrected chi connectivity index (χ3v) is 2.28. The van der Waals surface area contributed by atoms with E-state index in [9.17, 15) is 0 Å². The second-order valence-electron chi connectivity index (χ2n) is 3.33. The molecule has 0 atom stereocenters. The topological polar surface area (TPSA) is 22.1 Å². The van der Waals surface area contributed by atoms with Gasteiger partial charge in [-0.3, -0.25) is 0 Å². The normalized spacial score (nSPS) is 9.93. The Labute approximate surface area is 89.6 Å². The highest BCUT2D eigenvalue weighted by Crippen LogP contribution is 2.17. The predicted molar refractivity (Wildman–Crippen MR) is 60.0 cm³/mol. The monoisotopic (exact) mass is 199 g/mol. The molecule has 0 radical (unpaired) electrons. The first kappa shape index (κ1) is 9.71. The van der Waals surface area contributed by atoms with Crippen LogP contribution in [0.1, 0.15) is 11.1 Å². The van der Waals surface area contributed by atoms with E-state index < -0.39 is 0 Å². The zero-order valence-electron chi connectivity index (χ0n) is 8.68. The minimum atomic E-state index is 0.710. The van der Waals surface area contributed by atoms with Gasteiger partial charge in [0.2, 0.25) is 5.88 Å². The van der Waals surface area contributed by atoms with E-state index in [1.807, 2.05) is 30.3 Å². The highest BCUT2D eigenvalue weighted by Gasteiger charge is 2.03. The van der Waals surface area contributed by atoms with Crippen molar-refractivity contribution in [2.75, 3.05) is 7.11 Å². The third-order valence-electron chi connectivity index (χ3n) is 2.28. The second-order valence-corrected chi connectivity index (χ2v) is 3.33. The Bertz CT molecular complexity index is 426. The van der Waals surface area contributed by atoms with E-state index in [-0.39, 0.29) is 0 Å². The van der Waals surface area contributed by atoms with Gasteiger partial charge in [-0.25, -0.2) is 4.98 Å². The molecule has 0 fully saturated rings. The fourth-order valence-corrected chi connectivity index (χ4v) is 1.56. The maximum Gasteiger partial charge on any atom is 0.216 e. The molecule has 0 aliphatic rings. The molecule has 0 aliphatic carbocycles. The summed E-state index contributed by atoms with van der Waals surface area (Å²) < 4.78 is 5.21. The Balaban J connectivity index is 2.24. The number of rotatable bonds is 3. The SMILES string of the molecule is COc1ncccc1Cc1ccccc1. The van der Waals surface area contributed by atoms with Gasteiger partial charge < -0.3 is 4.74 Å². The molecular weight excluding hydrogens is 186 g/mol. The van der Waals surface area contributed by atoms with Crippen molar-refractivity contribution in [3.63, 3.8) is 0 Å². The van der Waals surface area contributed by atoms with Crippen molar-refractivity contribution in [2.45, 2.75) is 6.42 Å². The fraction of sp³-hybridized carbons (Fsp3) is 0.154. The lowest BCUT2D eigenvalue weighted by Gasteiger charge is -2.06. The summed E-state index contributed by atoms with van der Waals surface area (Å²) in [6.07, 6.45) is 2.60. The molecule has 2 rings (SSSR count). The molecule has 0 spiro atoms. The molecule has 0 bridgehead atoms. The van der Waals surface area contributed by atoms with Crippen LogP contribution in [0.5, 0.6) is 5.88 Å². The number of nitrogens with zero attached hydrogens (tertiary/aromatic N) is 1. The first-order valence-electron chi connectivity index (χ1n) is 4.92. The van der Waals surface area contributed by atoms with Crippen LogP contribution in [0.2, 0.25) is 0 Å². The molecule has 2 aromatic rings. The summed E-state index contributed by atoms with van der Waals surface area (Å²) in [5.74, 6) is 0.710. The maximum absolute atomic E-state index is 5.21. The summed E-state index contributed by atoms with van der Waals surface area (Å²) in [5, 5.41) is 0. The zero-order valence-corrected chi connectivity index (χ0v) is 8.68. The van der Waals surface area contributed by atoms with Gasteiger partial charge in [-0.2, -0.15) is 0 Å². The molecule has 0 saturated heterocycles. The molecule has 0 unspecified atom stereocenters. The van der Waals surface area contributed by atoms with Crippen molar-refractivity contribution in [1.29, 1.82) is 0 Å². The van der Waals surface area contributed by atoms with Gasteiger partial charge in [0.1, 0.15) is 0 Å².